The number of ether oxygens (including phenoxy) is 1. The highest BCUT2D eigenvalue weighted by atomic mass is 32.2. The van der Waals surface area contributed by atoms with Crippen molar-refractivity contribution in [2.75, 3.05) is 43.7 Å². The summed E-state index contributed by atoms with van der Waals surface area (Å²) < 4.78 is 50.4. The fourth-order valence-corrected chi connectivity index (χ4v) is 6.43. The van der Waals surface area contributed by atoms with Crippen molar-refractivity contribution >= 4 is 41.0 Å². The van der Waals surface area contributed by atoms with Crippen molar-refractivity contribution < 1.29 is 22.3 Å². The van der Waals surface area contributed by atoms with Crippen LogP contribution in [0.25, 0.3) is 28.1 Å². The van der Waals surface area contributed by atoms with Gasteiger partial charge in [0.2, 0.25) is 18.3 Å². The van der Waals surface area contributed by atoms with Gasteiger partial charge in [-0.15, -0.1) is 0 Å². The van der Waals surface area contributed by atoms with Crippen molar-refractivity contribution in [3.8, 4) is 22.6 Å². The molecule has 0 saturated carbocycles. The zero-order valence-electron chi connectivity index (χ0n) is 26.2. The van der Waals surface area contributed by atoms with Gasteiger partial charge in [-0.05, 0) is 69.0 Å². The highest BCUT2D eigenvalue weighted by Crippen LogP contribution is 2.39. The number of benzene rings is 2. The van der Waals surface area contributed by atoms with Crippen LogP contribution in [-0.4, -0.2) is 79.9 Å². The normalized spacial score (nSPS) is 15.3. The summed E-state index contributed by atoms with van der Waals surface area (Å²) in [7, 11) is -2.30. The Morgan fingerprint density at radius 3 is 2.42 bits per heavy atom. The number of aromatic amines is 1. The molecule has 0 unspecified atom stereocenters. The number of sulfonamides is 1. The quantitative estimate of drug-likeness (QED) is 0.212. The van der Waals surface area contributed by atoms with Crippen LogP contribution in [0.4, 0.5) is 10.1 Å². The van der Waals surface area contributed by atoms with E-state index in [1.54, 1.807) is 69.3 Å². The third kappa shape index (κ3) is 7.91. The summed E-state index contributed by atoms with van der Waals surface area (Å²) in [6, 6.07) is 11.3. The molecule has 10 nitrogen and oxygen atoms in total. The Labute approximate surface area is 263 Å². The maximum atomic E-state index is 15.3. The minimum absolute atomic E-state index is 0.0262. The molecule has 2 aromatic carbocycles. The molecule has 13 heteroatoms. The number of aromatic nitrogens is 2. The first-order valence-electron chi connectivity index (χ1n) is 14.9. The number of hydrogen-bond acceptors (Lipinski definition) is 7. The molecule has 0 radical (unpaired) electrons. The second-order valence-electron chi connectivity index (χ2n) is 12.1. The Morgan fingerprint density at radius 1 is 1.04 bits per heavy atom. The summed E-state index contributed by atoms with van der Waals surface area (Å²) in [6.45, 7) is 9.46. The van der Waals surface area contributed by atoms with Crippen LogP contribution in [0.15, 0.2) is 59.2 Å². The summed E-state index contributed by atoms with van der Waals surface area (Å²) in [5.74, 6) is -0.456. The van der Waals surface area contributed by atoms with Crippen LogP contribution in [0.3, 0.4) is 0 Å². The van der Waals surface area contributed by atoms with Crippen molar-refractivity contribution in [2.24, 2.45) is 7.05 Å². The van der Waals surface area contributed by atoms with Crippen LogP contribution in [0.2, 0.25) is 13.1 Å². The Balaban J connectivity index is 1.59. The molecule has 3 N–H and O–H groups in total. The third-order valence-corrected chi connectivity index (χ3v) is 10.1. The zero-order chi connectivity index (χ0) is 32.5. The lowest BCUT2D eigenvalue weighted by Crippen LogP contribution is -2.43. The number of piperazine rings is 1. The summed E-state index contributed by atoms with van der Waals surface area (Å²) in [5, 5.41) is 0.652. The number of nitrogens with one attached hydrogen (secondary N) is 2. The topological polar surface area (TPSA) is 120 Å². The molecule has 4 aromatic rings. The molecule has 1 fully saturated rings. The largest absolute Gasteiger partial charge is 0.454 e. The number of likely N-dealkylation sites (N-methyl/N-ethyl adjacent to an activating group) is 1. The Hall–Kier alpha value is -3.75. The van der Waals surface area contributed by atoms with E-state index < -0.39 is 24.2 Å². The van der Waals surface area contributed by atoms with Crippen LogP contribution in [0.5, 0.6) is 11.5 Å². The SMILES string of the molecule is CCS(=O)(=O)Nc1ccc(Oc2ccc(/C=C/[Si](C)(C)O)cc2F)c(-c2cn(C)c(=O)c3[nH]c(CN4CCN(C)CC4)cc23)c1. The number of H-pyrrole nitrogens is 1. The van der Waals surface area contributed by atoms with Crippen molar-refractivity contribution in [1.82, 2.24) is 19.4 Å². The molecule has 0 atom stereocenters. The number of hydrogen-bond donors (Lipinski definition) is 3. The minimum Gasteiger partial charge on any atom is -0.454 e. The molecule has 1 saturated heterocycles. The summed E-state index contributed by atoms with van der Waals surface area (Å²) in [5.41, 5.74) is 4.80. The van der Waals surface area contributed by atoms with Crippen LogP contribution in [0, 0.1) is 5.82 Å². The fourth-order valence-electron chi connectivity index (χ4n) is 5.20. The lowest BCUT2D eigenvalue weighted by Gasteiger charge is -2.31. The first kappa shape index (κ1) is 32.6. The van der Waals surface area contributed by atoms with E-state index in [0.717, 1.165) is 31.9 Å². The van der Waals surface area contributed by atoms with Crippen molar-refractivity contribution in [2.45, 2.75) is 26.6 Å². The monoisotopic (exact) mass is 653 g/mol. The molecule has 45 heavy (non-hydrogen) atoms. The van der Waals surface area contributed by atoms with Gasteiger partial charge >= 0.3 is 0 Å². The smallest absolute Gasteiger partial charge is 0.274 e. The minimum atomic E-state index is -3.59. The lowest BCUT2D eigenvalue weighted by molar-refractivity contribution is 0.147. The maximum Gasteiger partial charge on any atom is 0.274 e. The Morgan fingerprint density at radius 2 is 1.76 bits per heavy atom. The van der Waals surface area contributed by atoms with Crippen LogP contribution in [-0.2, 0) is 23.6 Å². The standard InChI is InChI=1S/C32H40FN5O5SSi/c1-6-44(40,41)35-23-8-10-29(43-30-9-7-22(17-28(30)33)11-16-45(4,5)42)25(18-23)27-21-37(3)32(39)31-26(27)19-24(34-31)20-38-14-12-36(2)13-15-38/h7-11,16-19,21,34-35,42H,6,12-15,20H2,1-5H3/b16-11+. The molecule has 240 valence electrons. The first-order valence-corrected chi connectivity index (χ1v) is 19.5. The van der Waals surface area contributed by atoms with Crippen molar-refractivity contribution in [1.29, 1.82) is 0 Å². The van der Waals surface area contributed by atoms with Gasteiger partial charge in [-0.2, -0.15) is 0 Å². The van der Waals surface area contributed by atoms with E-state index in [1.165, 1.54) is 16.7 Å². The second kappa shape index (κ2) is 12.9. The van der Waals surface area contributed by atoms with Crippen molar-refractivity contribution in [3.63, 3.8) is 0 Å². The Kier molecular flexibility index (Phi) is 9.38. The number of nitrogens with zero attached hydrogens (tertiary/aromatic N) is 3. The zero-order valence-corrected chi connectivity index (χ0v) is 28.0. The van der Waals surface area contributed by atoms with Gasteiger partial charge in [-0.25, -0.2) is 12.8 Å². The van der Waals surface area contributed by atoms with E-state index in [-0.39, 0.29) is 22.8 Å². The molecule has 5 rings (SSSR count). The molecule has 0 aliphatic carbocycles. The lowest BCUT2D eigenvalue weighted by atomic mass is 10.0. The maximum absolute atomic E-state index is 15.3. The average molecular weight is 654 g/mol. The van der Waals surface area contributed by atoms with E-state index in [2.05, 4.69) is 26.6 Å². The predicted octanol–water partition coefficient (Wildman–Crippen LogP) is 4.72. The van der Waals surface area contributed by atoms with Crippen LogP contribution < -0.4 is 15.0 Å². The van der Waals surface area contributed by atoms with Gasteiger partial charge in [-0.3, -0.25) is 14.4 Å². The first-order chi connectivity index (χ1) is 21.2. The Bertz CT molecular complexity index is 1910. The summed E-state index contributed by atoms with van der Waals surface area (Å²) >= 11 is 0. The van der Waals surface area contributed by atoms with Gasteiger partial charge in [0.1, 0.15) is 11.3 Å². The van der Waals surface area contributed by atoms with E-state index in [9.17, 15) is 18.0 Å². The number of anilines is 1. The number of rotatable bonds is 10. The molecule has 1 aliphatic rings. The van der Waals surface area contributed by atoms with Gasteiger partial charge < -0.3 is 24.0 Å². The van der Waals surface area contributed by atoms with Crippen LogP contribution in [0.1, 0.15) is 18.2 Å². The number of aryl methyl sites for hydroxylation is 1. The van der Waals surface area contributed by atoms with Gasteiger partial charge in [0.05, 0.1) is 5.75 Å². The molecule has 1 aliphatic heterocycles. The number of halogens is 1. The molecule has 0 amide bonds. The molecule has 3 heterocycles. The second-order valence-corrected chi connectivity index (χ2v) is 17.8. The van der Waals surface area contributed by atoms with E-state index in [0.29, 0.717) is 39.8 Å². The van der Waals surface area contributed by atoms with Gasteiger partial charge in [0, 0.05) is 73.9 Å². The molecule has 2 aromatic heterocycles. The molecule has 0 bridgehead atoms. The summed E-state index contributed by atoms with van der Waals surface area (Å²) in [6.07, 6.45) is 3.37. The molecular weight excluding hydrogens is 614 g/mol. The number of pyridine rings is 1. The highest BCUT2D eigenvalue weighted by molar-refractivity contribution is 7.92. The van der Waals surface area contributed by atoms with Crippen molar-refractivity contribution in [3.05, 3.63) is 81.8 Å². The van der Waals surface area contributed by atoms with Gasteiger partial charge in [0.15, 0.2) is 11.6 Å². The fraction of sp³-hybridized carbons (Fsp3) is 0.344. The molecular formula is C32H40FN5O5SSi. The third-order valence-electron chi connectivity index (χ3n) is 7.79. The van der Waals surface area contributed by atoms with E-state index in [1.807, 2.05) is 6.07 Å². The predicted molar refractivity (Wildman–Crippen MR) is 180 cm³/mol. The molecule has 0 spiro atoms. The van der Waals surface area contributed by atoms with Gasteiger partial charge in [0.25, 0.3) is 5.56 Å². The van der Waals surface area contributed by atoms with Gasteiger partial charge in [-0.1, -0.05) is 17.8 Å². The summed E-state index contributed by atoms with van der Waals surface area (Å²) in [4.78, 5) is 31.3. The van der Waals surface area contributed by atoms with E-state index in [4.69, 9.17) is 4.74 Å². The van der Waals surface area contributed by atoms with E-state index >= 15 is 4.39 Å². The number of fused-ring (bicyclic) bond motifs is 1. The average Bonchev–Trinajstić information content (AvgIpc) is 3.40. The highest BCUT2D eigenvalue weighted by Gasteiger charge is 2.21. The van der Waals surface area contributed by atoms with Crippen LogP contribution >= 0.6 is 0 Å².